The molecule has 0 spiro atoms. The highest BCUT2D eigenvalue weighted by Crippen LogP contribution is 2.24. The lowest BCUT2D eigenvalue weighted by atomic mass is 9.88. The fraction of sp³-hybridized carbons (Fsp3) is 0.533. The molecule has 1 fully saturated rings. The van der Waals surface area contributed by atoms with Gasteiger partial charge in [-0.05, 0) is 30.5 Å². The molecular weight excluding hydrogens is 290 g/mol. The van der Waals surface area contributed by atoms with E-state index in [0.29, 0.717) is 12.2 Å². The summed E-state index contributed by atoms with van der Waals surface area (Å²) in [5.74, 6) is 0.378. The summed E-state index contributed by atoms with van der Waals surface area (Å²) in [6.45, 7) is 0. The van der Waals surface area contributed by atoms with Gasteiger partial charge in [0.2, 0.25) is 0 Å². The van der Waals surface area contributed by atoms with Crippen molar-refractivity contribution in [2.75, 3.05) is 0 Å². The molecule has 98 valence electrons. The Morgan fingerprint density at radius 1 is 1.17 bits per heavy atom. The first-order chi connectivity index (χ1) is 8.66. The lowest BCUT2D eigenvalue weighted by Gasteiger charge is -2.19. The minimum Gasteiger partial charge on any atom is -0.327 e. The van der Waals surface area contributed by atoms with Crippen LogP contribution in [0.4, 0.5) is 0 Å². The Labute approximate surface area is 117 Å². The van der Waals surface area contributed by atoms with Crippen LogP contribution < -0.4 is 5.73 Å². The third-order valence-electron chi connectivity index (χ3n) is 3.77. The van der Waals surface area contributed by atoms with Crippen molar-refractivity contribution in [3.05, 3.63) is 34.3 Å². The van der Waals surface area contributed by atoms with Gasteiger partial charge in [-0.25, -0.2) is 0 Å². The smallest absolute Gasteiger partial charge is 0.141 e. The molecule has 0 heterocycles. The zero-order valence-corrected chi connectivity index (χ0v) is 12.2. The second-order valence-electron chi connectivity index (χ2n) is 5.18. The van der Waals surface area contributed by atoms with Crippen LogP contribution in [0, 0.1) is 5.92 Å². The molecule has 2 N–H and O–H groups in total. The standard InChI is InChI=1S/C15H20BrNO/c16-12-8-6-11(7-9-12)10-15(18)13-4-2-1-3-5-14(13)17/h6-9,13-14H,1-5,10,17H2. The van der Waals surface area contributed by atoms with Gasteiger partial charge in [-0.15, -0.1) is 0 Å². The number of hydrogen-bond donors (Lipinski definition) is 1. The van der Waals surface area contributed by atoms with Crippen molar-refractivity contribution >= 4 is 21.7 Å². The fourth-order valence-electron chi connectivity index (χ4n) is 2.67. The number of ketones is 1. The highest BCUT2D eigenvalue weighted by atomic mass is 79.9. The molecule has 2 nitrogen and oxygen atoms in total. The maximum absolute atomic E-state index is 12.3. The number of nitrogens with two attached hydrogens (primary N) is 1. The number of carbonyl (C=O) groups is 1. The molecule has 18 heavy (non-hydrogen) atoms. The highest BCUT2D eigenvalue weighted by Gasteiger charge is 2.26. The molecule has 2 atom stereocenters. The molecule has 0 aromatic heterocycles. The van der Waals surface area contributed by atoms with Crippen LogP contribution in [0.3, 0.4) is 0 Å². The van der Waals surface area contributed by atoms with E-state index in [2.05, 4.69) is 15.9 Å². The Balaban J connectivity index is 1.99. The van der Waals surface area contributed by atoms with Crippen molar-refractivity contribution in [3.63, 3.8) is 0 Å². The van der Waals surface area contributed by atoms with E-state index in [-0.39, 0.29) is 12.0 Å². The zero-order valence-electron chi connectivity index (χ0n) is 10.6. The molecule has 0 radical (unpaired) electrons. The largest absolute Gasteiger partial charge is 0.327 e. The molecule has 0 bridgehead atoms. The normalized spacial score (nSPS) is 24.6. The Morgan fingerprint density at radius 2 is 1.83 bits per heavy atom. The average Bonchev–Trinajstić information content (AvgIpc) is 2.57. The SMILES string of the molecule is NC1CCCCCC1C(=O)Cc1ccc(Br)cc1. The molecule has 0 amide bonds. The highest BCUT2D eigenvalue weighted by molar-refractivity contribution is 9.10. The summed E-state index contributed by atoms with van der Waals surface area (Å²) in [6, 6.07) is 8.04. The van der Waals surface area contributed by atoms with Crippen molar-refractivity contribution in [2.24, 2.45) is 11.7 Å². The molecule has 1 aliphatic rings. The first-order valence-electron chi connectivity index (χ1n) is 6.69. The summed E-state index contributed by atoms with van der Waals surface area (Å²) in [5, 5.41) is 0. The predicted molar refractivity (Wildman–Crippen MR) is 77.4 cm³/mol. The summed E-state index contributed by atoms with van der Waals surface area (Å²) in [6.07, 6.45) is 6.02. The predicted octanol–water partition coefficient (Wildman–Crippen LogP) is 3.47. The van der Waals surface area contributed by atoms with Crippen molar-refractivity contribution < 1.29 is 4.79 Å². The molecule has 1 aromatic rings. The summed E-state index contributed by atoms with van der Waals surface area (Å²) >= 11 is 3.40. The minimum atomic E-state index is 0.0652. The Morgan fingerprint density at radius 3 is 2.56 bits per heavy atom. The molecule has 3 heteroatoms. The lowest BCUT2D eigenvalue weighted by molar-refractivity contribution is -0.123. The van der Waals surface area contributed by atoms with Crippen LogP contribution in [0.5, 0.6) is 0 Å². The third kappa shape index (κ3) is 3.66. The number of Topliss-reactive ketones (excluding diaryl/α,β-unsaturated/α-hetero) is 1. The molecular formula is C15H20BrNO. The second-order valence-corrected chi connectivity index (χ2v) is 6.09. The first kappa shape index (κ1) is 13.8. The van der Waals surface area contributed by atoms with Crippen LogP contribution in [-0.2, 0) is 11.2 Å². The molecule has 0 saturated heterocycles. The van der Waals surface area contributed by atoms with Gasteiger partial charge in [0.25, 0.3) is 0 Å². The van der Waals surface area contributed by atoms with Crippen molar-refractivity contribution in [1.82, 2.24) is 0 Å². The third-order valence-corrected chi connectivity index (χ3v) is 4.30. The van der Waals surface area contributed by atoms with Crippen LogP contribution in [-0.4, -0.2) is 11.8 Å². The molecule has 1 aliphatic carbocycles. The van der Waals surface area contributed by atoms with Gasteiger partial charge >= 0.3 is 0 Å². The number of rotatable bonds is 3. The van der Waals surface area contributed by atoms with E-state index < -0.39 is 0 Å². The number of benzene rings is 1. The van der Waals surface area contributed by atoms with Gasteiger partial charge in [-0.3, -0.25) is 4.79 Å². The molecule has 1 aromatic carbocycles. The van der Waals surface area contributed by atoms with Crippen molar-refractivity contribution in [2.45, 2.75) is 44.6 Å². The molecule has 0 aliphatic heterocycles. The molecule has 2 unspecified atom stereocenters. The number of hydrogen-bond acceptors (Lipinski definition) is 2. The summed E-state index contributed by atoms with van der Waals surface area (Å²) in [4.78, 5) is 12.3. The monoisotopic (exact) mass is 309 g/mol. The Bertz CT molecular complexity index is 401. The topological polar surface area (TPSA) is 43.1 Å². The van der Waals surface area contributed by atoms with E-state index in [1.54, 1.807) is 0 Å². The maximum Gasteiger partial charge on any atom is 0.141 e. The van der Waals surface area contributed by atoms with E-state index in [1.807, 2.05) is 24.3 Å². The fourth-order valence-corrected chi connectivity index (χ4v) is 2.93. The van der Waals surface area contributed by atoms with Crippen LogP contribution >= 0.6 is 15.9 Å². The van der Waals surface area contributed by atoms with E-state index in [9.17, 15) is 4.79 Å². The quantitative estimate of drug-likeness (QED) is 0.869. The van der Waals surface area contributed by atoms with Crippen LogP contribution in [0.25, 0.3) is 0 Å². The van der Waals surface area contributed by atoms with Gasteiger partial charge in [0.1, 0.15) is 5.78 Å². The van der Waals surface area contributed by atoms with E-state index in [4.69, 9.17) is 5.73 Å². The zero-order chi connectivity index (χ0) is 13.0. The second kappa shape index (κ2) is 6.48. The molecule has 1 saturated carbocycles. The van der Waals surface area contributed by atoms with Gasteiger partial charge in [-0.1, -0.05) is 47.3 Å². The van der Waals surface area contributed by atoms with Gasteiger partial charge in [0.05, 0.1) is 0 Å². The van der Waals surface area contributed by atoms with Crippen molar-refractivity contribution in [1.29, 1.82) is 0 Å². The van der Waals surface area contributed by atoms with Gasteiger partial charge in [0.15, 0.2) is 0 Å². The number of halogens is 1. The van der Waals surface area contributed by atoms with Crippen LogP contribution in [0.15, 0.2) is 28.7 Å². The van der Waals surface area contributed by atoms with Gasteiger partial charge in [-0.2, -0.15) is 0 Å². The van der Waals surface area contributed by atoms with Crippen LogP contribution in [0.2, 0.25) is 0 Å². The van der Waals surface area contributed by atoms with Gasteiger partial charge < -0.3 is 5.73 Å². The van der Waals surface area contributed by atoms with Crippen molar-refractivity contribution in [3.8, 4) is 0 Å². The number of carbonyl (C=O) groups excluding carboxylic acids is 1. The summed E-state index contributed by atoms with van der Waals surface area (Å²) in [5.41, 5.74) is 7.21. The molecule has 2 rings (SSSR count). The summed E-state index contributed by atoms with van der Waals surface area (Å²) in [7, 11) is 0. The lowest BCUT2D eigenvalue weighted by Crippen LogP contribution is -2.35. The van der Waals surface area contributed by atoms with E-state index >= 15 is 0 Å². The first-order valence-corrected chi connectivity index (χ1v) is 7.49. The maximum atomic E-state index is 12.3. The van der Waals surface area contributed by atoms with Gasteiger partial charge in [0, 0.05) is 22.9 Å². The van der Waals surface area contributed by atoms with E-state index in [0.717, 1.165) is 29.3 Å². The average molecular weight is 310 g/mol. The van der Waals surface area contributed by atoms with Crippen LogP contribution in [0.1, 0.15) is 37.7 Å². The Kier molecular flexibility index (Phi) is 4.95. The Hall–Kier alpha value is -0.670. The summed E-state index contributed by atoms with van der Waals surface area (Å²) < 4.78 is 1.05. The van der Waals surface area contributed by atoms with E-state index in [1.165, 1.54) is 12.8 Å². The minimum absolute atomic E-state index is 0.0652.